The highest BCUT2D eigenvalue weighted by Gasteiger charge is 2.19. The summed E-state index contributed by atoms with van der Waals surface area (Å²) < 4.78 is 10.1. The van der Waals surface area contributed by atoms with Crippen LogP contribution < -0.4 is 0 Å². The van der Waals surface area contributed by atoms with E-state index in [0.29, 0.717) is 19.1 Å². The molecule has 1 N–H and O–H groups in total. The van der Waals surface area contributed by atoms with Crippen LogP contribution in [0.2, 0.25) is 0 Å². The van der Waals surface area contributed by atoms with Crippen LogP contribution in [0.25, 0.3) is 0 Å². The van der Waals surface area contributed by atoms with E-state index in [1.165, 1.54) is 0 Å². The van der Waals surface area contributed by atoms with Crippen LogP contribution in [0.3, 0.4) is 0 Å². The van der Waals surface area contributed by atoms with Crippen molar-refractivity contribution in [3.63, 3.8) is 0 Å². The van der Waals surface area contributed by atoms with Crippen molar-refractivity contribution in [2.24, 2.45) is 5.92 Å². The van der Waals surface area contributed by atoms with Crippen molar-refractivity contribution in [3.8, 4) is 0 Å². The SMILES string of the molecule is COCc1cc(CN2CCC(CO)CC2)no1. The monoisotopic (exact) mass is 240 g/mol. The Hall–Kier alpha value is -0.910. The number of hydrogen-bond donors (Lipinski definition) is 1. The van der Waals surface area contributed by atoms with Gasteiger partial charge >= 0.3 is 0 Å². The molecule has 1 aliphatic rings. The molecule has 96 valence electrons. The second-order valence-corrected chi connectivity index (χ2v) is 4.62. The Morgan fingerprint density at radius 2 is 2.29 bits per heavy atom. The molecule has 1 aliphatic heterocycles. The standard InChI is InChI=1S/C12H20N2O3/c1-16-9-12-6-11(13-17-12)7-14-4-2-10(8-15)3-5-14/h6,10,15H,2-5,7-9H2,1H3. The molecular weight excluding hydrogens is 220 g/mol. The predicted octanol–water partition coefficient (Wildman–Crippen LogP) is 1.03. The molecule has 0 unspecified atom stereocenters. The van der Waals surface area contributed by atoms with Crippen LogP contribution in [0, 0.1) is 5.92 Å². The van der Waals surface area contributed by atoms with Crippen LogP contribution in [0.4, 0.5) is 0 Å². The summed E-state index contributed by atoms with van der Waals surface area (Å²) in [6.45, 7) is 3.66. The Bertz CT molecular complexity index is 332. The fraction of sp³-hybridized carbons (Fsp3) is 0.750. The van der Waals surface area contributed by atoms with Crippen LogP contribution in [0.5, 0.6) is 0 Å². The largest absolute Gasteiger partial charge is 0.396 e. The van der Waals surface area contributed by atoms with E-state index in [9.17, 15) is 0 Å². The smallest absolute Gasteiger partial charge is 0.162 e. The van der Waals surface area contributed by atoms with E-state index in [4.69, 9.17) is 14.4 Å². The van der Waals surface area contributed by atoms with Gasteiger partial charge in [0.1, 0.15) is 6.61 Å². The zero-order valence-corrected chi connectivity index (χ0v) is 10.3. The van der Waals surface area contributed by atoms with E-state index in [0.717, 1.165) is 43.9 Å². The maximum Gasteiger partial charge on any atom is 0.162 e. The first kappa shape index (κ1) is 12.5. The molecule has 1 aromatic heterocycles. The van der Waals surface area contributed by atoms with E-state index < -0.39 is 0 Å². The number of aromatic nitrogens is 1. The van der Waals surface area contributed by atoms with Gasteiger partial charge in [-0.25, -0.2) is 0 Å². The lowest BCUT2D eigenvalue weighted by atomic mass is 9.98. The summed E-state index contributed by atoms with van der Waals surface area (Å²) in [6.07, 6.45) is 2.14. The number of aliphatic hydroxyl groups is 1. The zero-order chi connectivity index (χ0) is 12.1. The Morgan fingerprint density at radius 1 is 1.53 bits per heavy atom. The fourth-order valence-corrected chi connectivity index (χ4v) is 2.20. The summed E-state index contributed by atoms with van der Waals surface area (Å²) in [4.78, 5) is 2.35. The lowest BCUT2D eigenvalue weighted by molar-refractivity contribution is 0.125. The number of hydrogen-bond acceptors (Lipinski definition) is 5. The number of ether oxygens (including phenoxy) is 1. The molecule has 0 bridgehead atoms. The number of nitrogens with zero attached hydrogens (tertiary/aromatic N) is 2. The van der Waals surface area contributed by atoms with Crippen molar-refractivity contribution in [1.29, 1.82) is 0 Å². The minimum absolute atomic E-state index is 0.315. The zero-order valence-electron chi connectivity index (χ0n) is 10.3. The molecule has 5 heteroatoms. The quantitative estimate of drug-likeness (QED) is 0.833. The summed E-state index contributed by atoms with van der Waals surface area (Å²) in [7, 11) is 1.64. The van der Waals surface area contributed by atoms with E-state index in [-0.39, 0.29) is 0 Å². The van der Waals surface area contributed by atoms with Gasteiger partial charge in [-0.05, 0) is 31.8 Å². The Morgan fingerprint density at radius 3 is 2.94 bits per heavy atom. The van der Waals surface area contributed by atoms with Gasteiger partial charge in [-0.2, -0.15) is 0 Å². The maximum absolute atomic E-state index is 9.07. The van der Waals surface area contributed by atoms with Crippen LogP contribution in [-0.2, 0) is 17.9 Å². The molecule has 0 atom stereocenters. The normalized spacial score (nSPS) is 18.7. The number of methoxy groups -OCH3 is 1. The molecule has 0 spiro atoms. The summed E-state index contributed by atoms with van der Waals surface area (Å²) in [5.74, 6) is 1.25. The first-order valence-corrected chi connectivity index (χ1v) is 6.08. The fourth-order valence-electron chi connectivity index (χ4n) is 2.20. The first-order chi connectivity index (χ1) is 8.31. The van der Waals surface area contributed by atoms with Crippen LogP contribution >= 0.6 is 0 Å². The Labute approximate surface area is 101 Å². The Balaban J connectivity index is 1.80. The van der Waals surface area contributed by atoms with Crippen molar-refractivity contribution in [3.05, 3.63) is 17.5 Å². The molecule has 2 rings (SSSR count). The van der Waals surface area contributed by atoms with Crippen molar-refractivity contribution in [2.45, 2.75) is 26.0 Å². The summed E-state index contributed by atoms with van der Waals surface area (Å²) in [5, 5.41) is 13.1. The van der Waals surface area contributed by atoms with Gasteiger partial charge in [0, 0.05) is 26.3 Å². The molecule has 2 heterocycles. The summed E-state index contributed by atoms with van der Waals surface area (Å²) >= 11 is 0. The summed E-state index contributed by atoms with van der Waals surface area (Å²) in [5.41, 5.74) is 0.958. The van der Waals surface area contributed by atoms with Crippen LogP contribution in [0.1, 0.15) is 24.3 Å². The molecule has 1 aromatic rings. The third-order valence-corrected chi connectivity index (χ3v) is 3.25. The lowest BCUT2D eigenvalue weighted by Gasteiger charge is -2.30. The first-order valence-electron chi connectivity index (χ1n) is 6.08. The molecule has 1 fully saturated rings. The second kappa shape index (κ2) is 6.14. The highest BCUT2D eigenvalue weighted by Crippen LogP contribution is 2.18. The minimum Gasteiger partial charge on any atom is -0.396 e. The molecule has 0 radical (unpaired) electrons. The molecule has 0 amide bonds. The molecule has 1 saturated heterocycles. The van der Waals surface area contributed by atoms with Gasteiger partial charge in [0.15, 0.2) is 5.76 Å². The van der Waals surface area contributed by atoms with E-state index in [1.807, 2.05) is 6.07 Å². The average molecular weight is 240 g/mol. The number of piperidine rings is 1. The molecule has 0 aliphatic carbocycles. The molecular formula is C12H20N2O3. The number of aliphatic hydroxyl groups excluding tert-OH is 1. The van der Waals surface area contributed by atoms with Gasteiger partial charge in [0.2, 0.25) is 0 Å². The van der Waals surface area contributed by atoms with Crippen molar-refractivity contribution in [2.75, 3.05) is 26.8 Å². The third kappa shape index (κ3) is 3.52. The molecule has 0 saturated carbocycles. The number of rotatable bonds is 5. The van der Waals surface area contributed by atoms with Gasteiger partial charge in [-0.1, -0.05) is 5.16 Å². The van der Waals surface area contributed by atoms with Gasteiger partial charge in [0.05, 0.1) is 5.69 Å². The maximum atomic E-state index is 9.07. The molecule has 17 heavy (non-hydrogen) atoms. The third-order valence-electron chi connectivity index (χ3n) is 3.25. The molecule has 0 aromatic carbocycles. The van der Waals surface area contributed by atoms with Crippen LogP contribution in [-0.4, -0.2) is 42.0 Å². The van der Waals surface area contributed by atoms with Gasteiger partial charge in [0.25, 0.3) is 0 Å². The van der Waals surface area contributed by atoms with Gasteiger partial charge < -0.3 is 14.4 Å². The van der Waals surface area contributed by atoms with Crippen molar-refractivity contribution < 1.29 is 14.4 Å². The molecule has 5 nitrogen and oxygen atoms in total. The van der Waals surface area contributed by atoms with E-state index >= 15 is 0 Å². The summed E-state index contributed by atoms with van der Waals surface area (Å²) in [6, 6.07) is 1.95. The van der Waals surface area contributed by atoms with Gasteiger partial charge in [-0.3, -0.25) is 4.90 Å². The van der Waals surface area contributed by atoms with Crippen LogP contribution in [0.15, 0.2) is 10.6 Å². The average Bonchev–Trinajstić information content (AvgIpc) is 2.78. The number of likely N-dealkylation sites (tertiary alicyclic amines) is 1. The van der Waals surface area contributed by atoms with E-state index in [2.05, 4.69) is 10.1 Å². The van der Waals surface area contributed by atoms with E-state index in [1.54, 1.807) is 7.11 Å². The highest BCUT2D eigenvalue weighted by molar-refractivity contribution is 5.04. The lowest BCUT2D eigenvalue weighted by Crippen LogP contribution is -2.34. The topological polar surface area (TPSA) is 58.7 Å². The van der Waals surface area contributed by atoms with Crippen molar-refractivity contribution >= 4 is 0 Å². The predicted molar refractivity (Wildman–Crippen MR) is 62.3 cm³/mol. The van der Waals surface area contributed by atoms with Gasteiger partial charge in [-0.15, -0.1) is 0 Å². The minimum atomic E-state index is 0.315. The Kier molecular flexibility index (Phi) is 4.53. The second-order valence-electron chi connectivity index (χ2n) is 4.62. The highest BCUT2D eigenvalue weighted by atomic mass is 16.5. The van der Waals surface area contributed by atoms with Crippen molar-refractivity contribution in [1.82, 2.24) is 10.1 Å².